The summed E-state index contributed by atoms with van der Waals surface area (Å²) in [6.07, 6.45) is 0.235. The number of amides is 2. The maximum absolute atomic E-state index is 11.6. The minimum Gasteiger partial charge on any atom is -0.369 e. The number of nitrogens with zero attached hydrogens (tertiary/aromatic N) is 1. The van der Waals surface area contributed by atoms with Crippen LogP contribution in [0.3, 0.4) is 0 Å². The van der Waals surface area contributed by atoms with Crippen molar-refractivity contribution in [1.29, 1.82) is 0 Å². The van der Waals surface area contributed by atoms with Gasteiger partial charge >= 0.3 is 0 Å². The fourth-order valence-corrected chi connectivity index (χ4v) is 1.74. The van der Waals surface area contributed by atoms with E-state index in [0.717, 1.165) is 10.7 Å². The van der Waals surface area contributed by atoms with Gasteiger partial charge in [-0.3, -0.25) is 9.59 Å². The van der Waals surface area contributed by atoms with E-state index in [1.807, 2.05) is 12.3 Å². The average Bonchev–Trinajstić information content (AvgIpc) is 2.61. The van der Waals surface area contributed by atoms with Crippen LogP contribution in [0.1, 0.15) is 24.5 Å². The van der Waals surface area contributed by atoms with Crippen LogP contribution in [0.25, 0.3) is 0 Å². The van der Waals surface area contributed by atoms with Crippen LogP contribution in [-0.2, 0) is 16.0 Å². The van der Waals surface area contributed by atoms with E-state index < -0.39 is 11.3 Å². The molecule has 1 aromatic heterocycles. The van der Waals surface area contributed by atoms with Crippen molar-refractivity contribution in [1.82, 2.24) is 10.3 Å². The summed E-state index contributed by atoms with van der Waals surface area (Å²) in [6.45, 7) is 5.53. The Balaban J connectivity index is 2.43. The van der Waals surface area contributed by atoms with Crippen molar-refractivity contribution in [3.63, 3.8) is 0 Å². The first-order valence-corrected chi connectivity index (χ1v) is 6.17. The summed E-state index contributed by atoms with van der Waals surface area (Å²) in [5, 5.41) is 5.48. The molecule has 2 amide bonds. The Kier molecular flexibility index (Phi) is 4.22. The molecule has 3 N–H and O–H groups in total. The monoisotopic (exact) mass is 255 g/mol. The molecule has 0 unspecified atom stereocenters. The van der Waals surface area contributed by atoms with Gasteiger partial charge in [0, 0.05) is 11.9 Å². The maximum atomic E-state index is 11.6. The second-order valence-electron chi connectivity index (χ2n) is 4.56. The Morgan fingerprint density at radius 3 is 2.65 bits per heavy atom. The number of carbonyl (C=O) groups excluding carboxylic acids is 2. The van der Waals surface area contributed by atoms with Crippen LogP contribution in [0.2, 0.25) is 0 Å². The molecule has 5 nitrogen and oxygen atoms in total. The molecule has 0 atom stereocenters. The number of aromatic nitrogens is 1. The number of primary amides is 1. The summed E-state index contributed by atoms with van der Waals surface area (Å²) in [7, 11) is 0. The smallest absolute Gasteiger partial charge is 0.226 e. The van der Waals surface area contributed by atoms with Crippen LogP contribution in [0.15, 0.2) is 5.38 Å². The predicted octanol–water partition coefficient (Wildman–Crippen LogP) is 0.622. The second-order valence-corrected chi connectivity index (χ2v) is 5.62. The summed E-state index contributed by atoms with van der Waals surface area (Å²) < 4.78 is 0. The van der Waals surface area contributed by atoms with Crippen molar-refractivity contribution in [3.8, 4) is 0 Å². The van der Waals surface area contributed by atoms with Crippen LogP contribution in [0.5, 0.6) is 0 Å². The summed E-state index contributed by atoms with van der Waals surface area (Å²) in [5.41, 5.74) is 5.23. The van der Waals surface area contributed by atoms with Crippen LogP contribution >= 0.6 is 11.3 Å². The SMILES string of the molecule is Cc1nc(CC(=O)NCC(C)(C)C(N)=O)cs1. The van der Waals surface area contributed by atoms with Crippen molar-refractivity contribution in [3.05, 3.63) is 16.1 Å². The van der Waals surface area contributed by atoms with Gasteiger partial charge in [0.2, 0.25) is 11.8 Å². The number of hydrogen-bond acceptors (Lipinski definition) is 4. The van der Waals surface area contributed by atoms with E-state index in [9.17, 15) is 9.59 Å². The molecular formula is C11H17N3O2S. The molecule has 0 spiro atoms. The van der Waals surface area contributed by atoms with Crippen LogP contribution in [0, 0.1) is 12.3 Å². The van der Waals surface area contributed by atoms with Gasteiger partial charge in [0.1, 0.15) is 0 Å². The third-order valence-electron chi connectivity index (χ3n) is 2.40. The molecule has 0 aliphatic rings. The highest BCUT2D eigenvalue weighted by atomic mass is 32.1. The van der Waals surface area contributed by atoms with Crippen molar-refractivity contribution in [2.45, 2.75) is 27.2 Å². The first kappa shape index (κ1) is 13.6. The lowest BCUT2D eigenvalue weighted by Crippen LogP contribution is -2.42. The van der Waals surface area contributed by atoms with Crippen molar-refractivity contribution < 1.29 is 9.59 Å². The van der Waals surface area contributed by atoms with Gasteiger partial charge in [0.15, 0.2) is 0 Å². The normalized spacial score (nSPS) is 11.2. The van der Waals surface area contributed by atoms with E-state index in [2.05, 4.69) is 10.3 Å². The third-order valence-corrected chi connectivity index (χ3v) is 3.23. The molecule has 94 valence electrons. The van der Waals surface area contributed by atoms with Crippen molar-refractivity contribution in [2.75, 3.05) is 6.54 Å². The summed E-state index contributed by atoms with van der Waals surface area (Å²) in [4.78, 5) is 26.8. The van der Waals surface area contributed by atoms with E-state index in [1.54, 1.807) is 13.8 Å². The van der Waals surface area contributed by atoms with E-state index in [1.165, 1.54) is 11.3 Å². The Hall–Kier alpha value is -1.43. The van der Waals surface area contributed by atoms with Gasteiger partial charge in [-0.25, -0.2) is 4.98 Å². The van der Waals surface area contributed by atoms with Crippen molar-refractivity contribution in [2.24, 2.45) is 11.1 Å². The number of nitrogens with two attached hydrogens (primary N) is 1. The van der Waals surface area contributed by atoms with Crippen molar-refractivity contribution >= 4 is 23.2 Å². The van der Waals surface area contributed by atoms with E-state index >= 15 is 0 Å². The van der Waals surface area contributed by atoms with Gasteiger partial charge in [0.25, 0.3) is 0 Å². The van der Waals surface area contributed by atoms with E-state index in [4.69, 9.17) is 5.73 Å². The molecule has 17 heavy (non-hydrogen) atoms. The molecule has 0 bridgehead atoms. The van der Waals surface area contributed by atoms with Crippen LogP contribution < -0.4 is 11.1 Å². The number of hydrogen-bond donors (Lipinski definition) is 2. The summed E-state index contributed by atoms with van der Waals surface area (Å²) >= 11 is 1.51. The summed E-state index contributed by atoms with van der Waals surface area (Å²) in [6, 6.07) is 0. The molecule has 1 heterocycles. The molecule has 0 radical (unpaired) electrons. The average molecular weight is 255 g/mol. The molecule has 1 aromatic rings. The Bertz CT molecular complexity index is 426. The van der Waals surface area contributed by atoms with Gasteiger partial charge in [-0.05, 0) is 20.8 Å². The van der Waals surface area contributed by atoms with Gasteiger partial charge in [-0.2, -0.15) is 0 Å². The number of thiazole rings is 1. The first-order chi connectivity index (χ1) is 7.81. The molecule has 6 heteroatoms. The maximum Gasteiger partial charge on any atom is 0.226 e. The number of rotatable bonds is 5. The first-order valence-electron chi connectivity index (χ1n) is 5.29. The summed E-state index contributed by atoms with van der Waals surface area (Å²) in [5.74, 6) is -0.577. The molecule has 0 saturated heterocycles. The van der Waals surface area contributed by atoms with E-state index in [-0.39, 0.29) is 18.9 Å². The molecule has 0 aliphatic heterocycles. The number of aryl methyl sites for hydroxylation is 1. The lowest BCUT2D eigenvalue weighted by molar-refractivity contribution is -0.126. The zero-order valence-corrected chi connectivity index (χ0v) is 11.1. The molecule has 0 saturated carbocycles. The molecule has 1 rings (SSSR count). The molecule has 0 aliphatic carbocycles. The third kappa shape index (κ3) is 4.14. The van der Waals surface area contributed by atoms with E-state index in [0.29, 0.717) is 0 Å². The zero-order chi connectivity index (χ0) is 13.1. The van der Waals surface area contributed by atoms with Gasteiger partial charge in [-0.1, -0.05) is 0 Å². The lowest BCUT2D eigenvalue weighted by atomic mass is 9.93. The Morgan fingerprint density at radius 2 is 2.18 bits per heavy atom. The zero-order valence-electron chi connectivity index (χ0n) is 10.2. The predicted molar refractivity (Wildman–Crippen MR) is 66.5 cm³/mol. The van der Waals surface area contributed by atoms with Gasteiger partial charge in [0.05, 0.1) is 22.5 Å². The second kappa shape index (κ2) is 5.27. The Labute approximate surface area is 104 Å². The topological polar surface area (TPSA) is 85.1 Å². The lowest BCUT2D eigenvalue weighted by Gasteiger charge is -2.20. The minimum absolute atomic E-state index is 0.148. The molecule has 0 fully saturated rings. The highest BCUT2D eigenvalue weighted by Gasteiger charge is 2.25. The van der Waals surface area contributed by atoms with Gasteiger partial charge in [-0.15, -0.1) is 11.3 Å². The highest BCUT2D eigenvalue weighted by molar-refractivity contribution is 7.09. The standard InChI is InChI=1S/C11H17N3O2S/c1-7-14-8(5-17-7)4-9(15)13-6-11(2,3)10(12)16/h5H,4,6H2,1-3H3,(H2,12,16)(H,13,15). The fraction of sp³-hybridized carbons (Fsp3) is 0.545. The quantitative estimate of drug-likeness (QED) is 0.809. The number of nitrogens with one attached hydrogen (secondary N) is 1. The van der Waals surface area contributed by atoms with Gasteiger partial charge < -0.3 is 11.1 Å². The number of carbonyl (C=O) groups is 2. The highest BCUT2D eigenvalue weighted by Crippen LogP contribution is 2.12. The van der Waals surface area contributed by atoms with Crippen LogP contribution in [0.4, 0.5) is 0 Å². The molecular weight excluding hydrogens is 238 g/mol. The minimum atomic E-state index is -0.729. The largest absolute Gasteiger partial charge is 0.369 e. The molecule has 0 aromatic carbocycles. The fourth-order valence-electron chi connectivity index (χ4n) is 1.12. The van der Waals surface area contributed by atoms with Crippen LogP contribution in [-0.4, -0.2) is 23.3 Å². The Morgan fingerprint density at radius 1 is 1.53 bits per heavy atom.